The van der Waals surface area contributed by atoms with E-state index < -0.39 is 5.97 Å². The second-order valence-electron chi connectivity index (χ2n) is 2.13. The molecular weight excluding hydrogens is 162 g/mol. The Kier molecular flexibility index (Phi) is 2.09. The van der Waals surface area contributed by atoms with Crippen molar-refractivity contribution in [2.75, 3.05) is 5.32 Å². The van der Waals surface area contributed by atoms with Gasteiger partial charge in [-0.3, -0.25) is 4.79 Å². The summed E-state index contributed by atoms with van der Waals surface area (Å²) in [7, 11) is 0. The molecule has 0 saturated carbocycles. The van der Waals surface area contributed by atoms with Crippen molar-refractivity contribution in [1.29, 1.82) is 0 Å². The fourth-order valence-corrected chi connectivity index (χ4v) is 0.683. The molecule has 0 radical (unpaired) electrons. The summed E-state index contributed by atoms with van der Waals surface area (Å²) in [6.45, 7) is 1.32. The van der Waals surface area contributed by atoms with Crippen LogP contribution in [0, 0.1) is 0 Å². The molecule has 12 heavy (non-hydrogen) atoms. The van der Waals surface area contributed by atoms with Crippen LogP contribution in [0.2, 0.25) is 0 Å². The van der Waals surface area contributed by atoms with Crippen molar-refractivity contribution in [3.63, 3.8) is 0 Å². The van der Waals surface area contributed by atoms with E-state index in [0.29, 0.717) is 0 Å². The van der Waals surface area contributed by atoms with Crippen molar-refractivity contribution in [2.24, 2.45) is 0 Å². The molecular formula is C6H7N3O3. The number of imidazole rings is 1. The monoisotopic (exact) mass is 169 g/mol. The Morgan fingerprint density at radius 2 is 2.33 bits per heavy atom. The molecule has 0 bridgehead atoms. The second kappa shape index (κ2) is 3.04. The minimum Gasteiger partial charge on any atom is -0.475 e. The lowest BCUT2D eigenvalue weighted by molar-refractivity contribution is -0.114. The second-order valence-corrected chi connectivity index (χ2v) is 2.13. The smallest absolute Gasteiger partial charge is 0.371 e. The molecule has 1 heterocycles. The van der Waals surface area contributed by atoms with Gasteiger partial charge in [0.05, 0.1) is 6.20 Å². The van der Waals surface area contributed by atoms with E-state index in [4.69, 9.17) is 5.11 Å². The predicted octanol–water partition coefficient (Wildman–Crippen LogP) is 0.0663. The number of rotatable bonds is 2. The number of carbonyl (C=O) groups is 2. The van der Waals surface area contributed by atoms with Gasteiger partial charge in [-0.25, -0.2) is 9.78 Å². The minimum absolute atomic E-state index is 0.196. The molecule has 64 valence electrons. The summed E-state index contributed by atoms with van der Waals surface area (Å²) in [4.78, 5) is 26.7. The number of carbonyl (C=O) groups excluding carboxylic acids is 1. The maximum atomic E-state index is 10.5. The molecule has 0 saturated heterocycles. The lowest BCUT2D eigenvalue weighted by Crippen LogP contribution is -2.06. The Morgan fingerprint density at radius 1 is 1.67 bits per heavy atom. The Balaban J connectivity index is 2.77. The topological polar surface area (TPSA) is 95.1 Å². The molecule has 6 nitrogen and oxygen atoms in total. The summed E-state index contributed by atoms with van der Waals surface area (Å²) < 4.78 is 0. The van der Waals surface area contributed by atoms with Crippen LogP contribution in [0.1, 0.15) is 17.5 Å². The van der Waals surface area contributed by atoms with Crippen LogP contribution >= 0.6 is 0 Å². The van der Waals surface area contributed by atoms with Crippen LogP contribution in [-0.4, -0.2) is 27.0 Å². The standard InChI is InChI=1S/C6H7N3O3/c1-3(10)8-4-2-7-5(9-4)6(11)12/h2H,1H3,(H,7,9)(H,8,10)(H,11,12). The Morgan fingerprint density at radius 3 is 2.75 bits per heavy atom. The highest BCUT2D eigenvalue weighted by molar-refractivity contribution is 5.89. The van der Waals surface area contributed by atoms with Gasteiger partial charge in [-0.1, -0.05) is 0 Å². The molecule has 0 atom stereocenters. The molecule has 0 aromatic carbocycles. The zero-order chi connectivity index (χ0) is 9.14. The van der Waals surface area contributed by atoms with E-state index in [-0.39, 0.29) is 17.5 Å². The van der Waals surface area contributed by atoms with Crippen molar-refractivity contribution >= 4 is 17.7 Å². The average Bonchev–Trinajstić information content (AvgIpc) is 2.34. The first kappa shape index (κ1) is 8.25. The number of amides is 1. The lowest BCUT2D eigenvalue weighted by atomic mass is 10.6. The number of anilines is 1. The van der Waals surface area contributed by atoms with Gasteiger partial charge in [-0.05, 0) is 0 Å². The quantitative estimate of drug-likeness (QED) is 0.583. The highest BCUT2D eigenvalue weighted by Gasteiger charge is 2.07. The highest BCUT2D eigenvalue weighted by atomic mass is 16.4. The van der Waals surface area contributed by atoms with Crippen LogP contribution in [0.5, 0.6) is 0 Å². The van der Waals surface area contributed by atoms with Crippen molar-refractivity contribution in [1.82, 2.24) is 9.97 Å². The Bertz CT molecular complexity index is 318. The molecule has 0 aliphatic carbocycles. The van der Waals surface area contributed by atoms with Crippen LogP contribution in [-0.2, 0) is 4.79 Å². The van der Waals surface area contributed by atoms with Crippen molar-refractivity contribution in [3.8, 4) is 0 Å². The summed E-state index contributed by atoms with van der Waals surface area (Å²) >= 11 is 0. The van der Waals surface area contributed by atoms with E-state index in [1.54, 1.807) is 0 Å². The van der Waals surface area contributed by atoms with Crippen molar-refractivity contribution in [3.05, 3.63) is 12.0 Å². The van der Waals surface area contributed by atoms with Crippen LogP contribution in [0.25, 0.3) is 0 Å². The highest BCUT2D eigenvalue weighted by Crippen LogP contribution is 2.02. The first-order valence-electron chi connectivity index (χ1n) is 3.15. The van der Waals surface area contributed by atoms with Crippen molar-refractivity contribution in [2.45, 2.75) is 6.92 Å². The van der Waals surface area contributed by atoms with Gasteiger partial charge in [0.15, 0.2) is 0 Å². The maximum absolute atomic E-state index is 10.5. The zero-order valence-corrected chi connectivity index (χ0v) is 6.29. The van der Waals surface area contributed by atoms with E-state index in [0.717, 1.165) is 0 Å². The zero-order valence-electron chi connectivity index (χ0n) is 6.29. The number of carboxylic acids is 1. The van der Waals surface area contributed by atoms with Crippen molar-refractivity contribution < 1.29 is 14.7 Å². The third kappa shape index (κ3) is 1.82. The normalized spacial score (nSPS) is 9.42. The number of aromatic carboxylic acids is 1. The van der Waals surface area contributed by atoms with Crippen LogP contribution < -0.4 is 5.32 Å². The number of aromatic amines is 1. The number of hydrogen-bond donors (Lipinski definition) is 3. The largest absolute Gasteiger partial charge is 0.475 e. The molecule has 0 spiro atoms. The fourth-order valence-electron chi connectivity index (χ4n) is 0.683. The number of H-pyrrole nitrogens is 1. The third-order valence-corrected chi connectivity index (χ3v) is 1.09. The molecule has 0 unspecified atom stereocenters. The van der Waals surface area contributed by atoms with Crippen LogP contribution in [0.4, 0.5) is 5.82 Å². The molecule has 1 aromatic heterocycles. The number of nitrogens with zero attached hydrogens (tertiary/aromatic N) is 1. The van der Waals surface area contributed by atoms with E-state index in [2.05, 4.69) is 15.3 Å². The fraction of sp³-hybridized carbons (Fsp3) is 0.167. The first-order chi connectivity index (χ1) is 5.59. The molecule has 6 heteroatoms. The SMILES string of the molecule is CC(=O)Nc1cnc(C(=O)O)[nH]1. The molecule has 1 rings (SSSR count). The van der Waals surface area contributed by atoms with E-state index in [9.17, 15) is 9.59 Å². The third-order valence-electron chi connectivity index (χ3n) is 1.09. The summed E-state index contributed by atoms with van der Waals surface area (Å²) in [6, 6.07) is 0. The van der Waals surface area contributed by atoms with Crippen LogP contribution in [0.3, 0.4) is 0 Å². The van der Waals surface area contributed by atoms with Gasteiger partial charge in [0, 0.05) is 6.92 Å². The Hall–Kier alpha value is -1.85. The molecule has 1 amide bonds. The van der Waals surface area contributed by atoms with E-state index in [1.165, 1.54) is 13.1 Å². The summed E-state index contributed by atoms with van der Waals surface area (Å²) in [6.07, 6.45) is 1.24. The summed E-state index contributed by atoms with van der Waals surface area (Å²) in [5, 5.41) is 10.8. The lowest BCUT2D eigenvalue weighted by Gasteiger charge is -1.93. The molecule has 1 aromatic rings. The molecule has 3 N–H and O–H groups in total. The predicted molar refractivity (Wildman–Crippen MR) is 39.9 cm³/mol. The van der Waals surface area contributed by atoms with Gasteiger partial charge in [0.25, 0.3) is 0 Å². The van der Waals surface area contributed by atoms with E-state index in [1.807, 2.05) is 0 Å². The first-order valence-corrected chi connectivity index (χ1v) is 3.15. The van der Waals surface area contributed by atoms with E-state index >= 15 is 0 Å². The molecule has 0 fully saturated rings. The number of carboxylic acid groups (broad SMARTS) is 1. The number of nitrogens with one attached hydrogen (secondary N) is 2. The minimum atomic E-state index is -1.16. The van der Waals surface area contributed by atoms with Gasteiger partial charge < -0.3 is 15.4 Å². The molecule has 0 aliphatic rings. The van der Waals surface area contributed by atoms with Gasteiger partial charge in [-0.15, -0.1) is 0 Å². The maximum Gasteiger partial charge on any atom is 0.371 e. The molecule has 0 aliphatic heterocycles. The summed E-state index contributed by atoms with van der Waals surface area (Å²) in [5.74, 6) is -1.36. The van der Waals surface area contributed by atoms with Crippen LogP contribution in [0.15, 0.2) is 6.20 Å². The summed E-state index contributed by atoms with van der Waals surface area (Å²) in [5.41, 5.74) is 0. The van der Waals surface area contributed by atoms with Gasteiger partial charge in [-0.2, -0.15) is 0 Å². The van der Waals surface area contributed by atoms with Gasteiger partial charge in [0.1, 0.15) is 5.82 Å². The number of hydrogen-bond acceptors (Lipinski definition) is 3. The number of aromatic nitrogens is 2. The van der Waals surface area contributed by atoms with Gasteiger partial charge >= 0.3 is 5.97 Å². The van der Waals surface area contributed by atoms with Gasteiger partial charge in [0.2, 0.25) is 11.7 Å². The average molecular weight is 169 g/mol. The Labute approximate surface area is 67.6 Å².